The fourth-order valence-electron chi connectivity index (χ4n) is 2.50. The quantitative estimate of drug-likeness (QED) is 0.209. The number of amides is 1. The molecule has 0 fully saturated rings. The predicted octanol–water partition coefficient (Wildman–Crippen LogP) is 3.45. The molecule has 1 aromatic carbocycles. The summed E-state index contributed by atoms with van der Waals surface area (Å²) < 4.78 is 4.84. The Morgan fingerprint density at radius 3 is 2.59 bits per heavy atom. The number of hydroxylamine groups is 1. The number of nitrogens with zero attached hydrogens (tertiary/aromatic N) is 1. The van der Waals surface area contributed by atoms with E-state index in [4.69, 9.17) is 9.94 Å². The number of aromatic amines is 1. The third-order valence-electron chi connectivity index (χ3n) is 3.94. The van der Waals surface area contributed by atoms with Crippen molar-refractivity contribution in [2.45, 2.75) is 13.3 Å². The van der Waals surface area contributed by atoms with Crippen molar-refractivity contribution in [3.63, 3.8) is 0 Å². The van der Waals surface area contributed by atoms with Gasteiger partial charge in [0.2, 0.25) is 0 Å². The van der Waals surface area contributed by atoms with E-state index >= 15 is 0 Å². The summed E-state index contributed by atoms with van der Waals surface area (Å²) in [4.78, 5) is 30.7. The molecular weight excluding hydrogens is 370 g/mol. The van der Waals surface area contributed by atoms with Gasteiger partial charge in [-0.1, -0.05) is 55.1 Å². The maximum atomic E-state index is 12.1. The molecule has 1 aromatic heterocycles. The van der Waals surface area contributed by atoms with Crippen LogP contribution in [0.15, 0.2) is 61.2 Å². The Kier molecular flexibility index (Phi) is 7.88. The molecule has 0 atom stereocenters. The molecule has 7 nitrogen and oxygen atoms in total. The van der Waals surface area contributed by atoms with Crippen LogP contribution in [0.5, 0.6) is 0 Å². The van der Waals surface area contributed by atoms with Crippen LogP contribution >= 0.6 is 0 Å². The van der Waals surface area contributed by atoms with Gasteiger partial charge >= 0.3 is 5.97 Å². The summed E-state index contributed by atoms with van der Waals surface area (Å²) in [5.41, 5.74) is 4.59. The molecule has 29 heavy (non-hydrogen) atoms. The lowest BCUT2D eigenvalue weighted by molar-refractivity contribution is -0.124. The van der Waals surface area contributed by atoms with E-state index < -0.39 is 11.9 Å². The van der Waals surface area contributed by atoms with Crippen LogP contribution < -0.4 is 5.48 Å². The standard InChI is InChI=1S/C22H23N3O4/c1-4-5-6-7-15(2)20-21(22(27)29-3)24-18(23-20)14-17-10-8-16(9-11-17)12-13-19(26)25-28/h4-13,28H,2,14H2,1,3H3,(H,23,24)(H,25,26)/b5-4-,7-6-,13-12+. The van der Waals surface area contributed by atoms with Gasteiger partial charge in [-0.2, -0.15) is 0 Å². The molecule has 0 spiro atoms. The van der Waals surface area contributed by atoms with E-state index in [9.17, 15) is 9.59 Å². The third-order valence-corrected chi connectivity index (χ3v) is 3.94. The Hall–Kier alpha value is -3.71. The fourth-order valence-corrected chi connectivity index (χ4v) is 2.50. The zero-order valence-electron chi connectivity index (χ0n) is 16.3. The largest absolute Gasteiger partial charge is 0.464 e. The molecule has 0 aliphatic heterocycles. The number of H-pyrrole nitrogens is 1. The van der Waals surface area contributed by atoms with Crippen LogP contribution in [0.2, 0.25) is 0 Å². The van der Waals surface area contributed by atoms with E-state index in [-0.39, 0.29) is 5.69 Å². The van der Waals surface area contributed by atoms with E-state index in [0.717, 1.165) is 11.1 Å². The van der Waals surface area contributed by atoms with Crippen molar-refractivity contribution in [3.05, 3.63) is 89.6 Å². The summed E-state index contributed by atoms with van der Waals surface area (Å²) in [6.45, 7) is 5.88. The number of benzene rings is 1. The zero-order chi connectivity index (χ0) is 21.2. The molecule has 1 heterocycles. The second kappa shape index (κ2) is 10.6. The van der Waals surface area contributed by atoms with E-state index in [2.05, 4.69) is 16.5 Å². The third kappa shape index (κ3) is 6.15. The smallest absolute Gasteiger partial charge is 0.356 e. The average Bonchev–Trinajstić information content (AvgIpc) is 3.16. The Bertz CT molecular complexity index is 966. The number of methoxy groups -OCH3 is 1. The second-order valence-electron chi connectivity index (χ2n) is 6.04. The first-order chi connectivity index (χ1) is 14.0. The monoisotopic (exact) mass is 393 g/mol. The maximum absolute atomic E-state index is 12.1. The molecule has 0 unspecified atom stereocenters. The van der Waals surface area contributed by atoms with Crippen molar-refractivity contribution in [3.8, 4) is 0 Å². The van der Waals surface area contributed by atoms with Crippen LogP contribution in [0.3, 0.4) is 0 Å². The number of imidazole rings is 1. The Balaban J connectivity index is 2.22. The highest BCUT2D eigenvalue weighted by Gasteiger charge is 2.19. The molecule has 1 amide bonds. The number of ether oxygens (including phenoxy) is 1. The molecule has 0 aliphatic carbocycles. The fraction of sp³-hybridized carbons (Fsp3) is 0.136. The first kappa shape index (κ1) is 21.6. The minimum Gasteiger partial charge on any atom is -0.464 e. The Labute approximate surface area is 169 Å². The predicted molar refractivity (Wildman–Crippen MR) is 111 cm³/mol. The summed E-state index contributed by atoms with van der Waals surface area (Å²) in [7, 11) is 1.31. The topological polar surface area (TPSA) is 104 Å². The number of nitrogens with one attached hydrogen (secondary N) is 2. The van der Waals surface area contributed by atoms with Gasteiger partial charge in [-0.3, -0.25) is 10.0 Å². The number of allylic oxidation sites excluding steroid dienone is 5. The first-order valence-electron chi connectivity index (χ1n) is 8.85. The Morgan fingerprint density at radius 1 is 1.24 bits per heavy atom. The lowest BCUT2D eigenvalue weighted by Gasteiger charge is -2.00. The number of aromatic nitrogens is 2. The molecule has 0 aliphatic rings. The molecule has 0 saturated carbocycles. The summed E-state index contributed by atoms with van der Waals surface area (Å²) in [6, 6.07) is 7.44. The number of carbonyl (C=O) groups is 2. The van der Waals surface area contributed by atoms with Gasteiger partial charge in [0.25, 0.3) is 5.91 Å². The van der Waals surface area contributed by atoms with Gasteiger partial charge in [-0.15, -0.1) is 0 Å². The van der Waals surface area contributed by atoms with Gasteiger partial charge < -0.3 is 9.72 Å². The van der Waals surface area contributed by atoms with Crippen LogP contribution in [-0.2, 0) is 16.0 Å². The molecule has 0 radical (unpaired) electrons. The molecule has 2 rings (SSSR count). The summed E-state index contributed by atoms with van der Waals surface area (Å²) in [6.07, 6.45) is 10.6. The van der Waals surface area contributed by atoms with Crippen molar-refractivity contribution >= 4 is 23.5 Å². The number of esters is 1. The van der Waals surface area contributed by atoms with Gasteiger partial charge in [0.05, 0.1) is 7.11 Å². The second-order valence-corrected chi connectivity index (χ2v) is 6.04. The van der Waals surface area contributed by atoms with E-state index in [1.54, 1.807) is 12.2 Å². The maximum Gasteiger partial charge on any atom is 0.356 e. The average molecular weight is 393 g/mol. The minimum absolute atomic E-state index is 0.257. The van der Waals surface area contributed by atoms with Gasteiger partial charge in [0.15, 0.2) is 5.69 Å². The molecule has 3 N–H and O–H groups in total. The number of hydrogen-bond acceptors (Lipinski definition) is 5. The van der Waals surface area contributed by atoms with Crippen LogP contribution in [-0.4, -0.2) is 34.2 Å². The summed E-state index contributed by atoms with van der Waals surface area (Å²) >= 11 is 0. The van der Waals surface area contributed by atoms with Crippen molar-refractivity contribution < 1.29 is 19.5 Å². The van der Waals surface area contributed by atoms with Crippen LogP contribution in [0.25, 0.3) is 11.6 Å². The molecule has 0 saturated heterocycles. The highest BCUT2D eigenvalue weighted by molar-refractivity contribution is 5.94. The summed E-state index contributed by atoms with van der Waals surface area (Å²) in [5.74, 6) is -0.512. The van der Waals surface area contributed by atoms with Gasteiger partial charge in [0.1, 0.15) is 11.5 Å². The Morgan fingerprint density at radius 2 is 1.97 bits per heavy atom. The van der Waals surface area contributed by atoms with Crippen LogP contribution in [0, 0.1) is 0 Å². The highest BCUT2D eigenvalue weighted by atomic mass is 16.5. The highest BCUT2D eigenvalue weighted by Crippen LogP contribution is 2.20. The number of carbonyl (C=O) groups excluding carboxylic acids is 2. The van der Waals surface area contributed by atoms with Gasteiger partial charge in [-0.25, -0.2) is 15.3 Å². The summed E-state index contributed by atoms with van der Waals surface area (Å²) in [5, 5.41) is 8.49. The van der Waals surface area contributed by atoms with Crippen molar-refractivity contribution in [1.29, 1.82) is 0 Å². The SMILES string of the molecule is C=C(/C=C\C=C/C)c1nc(Cc2ccc(/C=C/C(=O)NO)cc2)[nH]c1C(=O)OC. The number of rotatable bonds is 8. The van der Waals surface area contributed by atoms with E-state index in [1.165, 1.54) is 18.7 Å². The minimum atomic E-state index is -0.601. The molecule has 7 heteroatoms. The molecular formula is C22H23N3O4. The lowest BCUT2D eigenvalue weighted by Crippen LogP contribution is -2.14. The van der Waals surface area contributed by atoms with E-state index in [1.807, 2.05) is 49.4 Å². The van der Waals surface area contributed by atoms with Crippen molar-refractivity contribution in [1.82, 2.24) is 15.4 Å². The normalized spacial score (nSPS) is 11.4. The van der Waals surface area contributed by atoms with E-state index in [0.29, 0.717) is 23.5 Å². The van der Waals surface area contributed by atoms with Crippen molar-refractivity contribution in [2.24, 2.45) is 0 Å². The molecule has 150 valence electrons. The van der Waals surface area contributed by atoms with Crippen molar-refractivity contribution in [2.75, 3.05) is 7.11 Å². The van der Waals surface area contributed by atoms with Crippen LogP contribution in [0.4, 0.5) is 0 Å². The molecule has 0 bridgehead atoms. The van der Waals surface area contributed by atoms with Gasteiger partial charge in [-0.05, 0) is 29.7 Å². The van der Waals surface area contributed by atoms with Crippen LogP contribution in [0.1, 0.15) is 40.1 Å². The van der Waals surface area contributed by atoms with Gasteiger partial charge in [0, 0.05) is 12.5 Å². The first-order valence-corrected chi connectivity index (χ1v) is 8.85. The lowest BCUT2D eigenvalue weighted by atomic mass is 10.1. The zero-order valence-corrected chi connectivity index (χ0v) is 16.3. The molecule has 2 aromatic rings. The number of hydrogen-bond donors (Lipinski definition) is 3.